The van der Waals surface area contributed by atoms with Gasteiger partial charge in [-0.25, -0.2) is 4.79 Å². The lowest BCUT2D eigenvalue weighted by atomic mass is 9.92. The van der Waals surface area contributed by atoms with Gasteiger partial charge < -0.3 is 29.6 Å². The maximum atomic E-state index is 12.3. The van der Waals surface area contributed by atoms with Gasteiger partial charge in [0.2, 0.25) is 0 Å². The van der Waals surface area contributed by atoms with Crippen molar-refractivity contribution in [1.29, 1.82) is 0 Å². The molecule has 2 N–H and O–H groups in total. The summed E-state index contributed by atoms with van der Waals surface area (Å²) in [6.07, 6.45) is 7.05. The molecule has 0 spiro atoms. The van der Waals surface area contributed by atoms with Crippen molar-refractivity contribution in [3.63, 3.8) is 0 Å². The molecule has 210 valence electrons. The summed E-state index contributed by atoms with van der Waals surface area (Å²) in [6, 6.07) is 10.3. The Labute approximate surface area is 235 Å². The van der Waals surface area contributed by atoms with E-state index in [1.54, 1.807) is 37.6 Å². The third-order valence-corrected chi connectivity index (χ3v) is 6.85. The lowest BCUT2D eigenvalue weighted by molar-refractivity contribution is 0.00391. The van der Waals surface area contributed by atoms with Crippen LogP contribution in [0.3, 0.4) is 0 Å². The molecule has 0 radical (unpaired) electrons. The van der Waals surface area contributed by atoms with Crippen LogP contribution in [0.5, 0.6) is 23.0 Å². The number of rotatable bonds is 10. The van der Waals surface area contributed by atoms with E-state index in [0.717, 1.165) is 37.7 Å². The average Bonchev–Trinajstić information content (AvgIpc) is 2.90. The monoisotopic (exact) mass is 555 g/mol. The van der Waals surface area contributed by atoms with E-state index in [1.165, 1.54) is 6.42 Å². The van der Waals surface area contributed by atoms with E-state index in [0.29, 0.717) is 52.4 Å². The van der Waals surface area contributed by atoms with Crippen LogP contribution in [-0.4, -0.2) is 44.0 Å². The molecule has 0 bridgehead atoms. The number of halogens is 1. The molecule has 1 atom stereocenters. The highest BCUT2D eigenvalue weighted by Crippen LogP contribution is 2.38. The number of nitrogens with zero attached hydrogens (tertiary/aromatic N) is 1. The molecule has 0 aliphatic carbocycles. The quantitative estimate of drug-likeness (QED) is 0.268. The van der Waals surface area contributed by atoms with Crippen LogP contribution in [0.4, 0.5) is 10.5 Å². The number of pyridine rings is 1. The van der Waals surface area contributed by atoms with Crippen molar-refractivity contribution in [3.05, 3.63) is 47.6 Å². The third-order valence-electron chi connectivity index (χ3n) is 6.54. The number of methoxy groups -OCH3 is 1. The topological polar surface area (TPSA) is 90.9 Å². The number of carbonyl (C=O) groups is 1. The summed E-state index contributed by atoms with van der Waals surface area (Å²) in [7, 11) is 1.61. The zero-order valence-electron chi connectivity index (χ0n) is 23.1. The lowest BCUT2D eigenvalue weighted by Crippen LogP contribution is -2.31. The Balaban J connectivity index is 1.42. The van der Waals surface area contributed by atoms with E-state index in [9.17, 15) is 4.79 Å². The van der Waals surface area contributed by atoms with Gasteiger partial charge in [-0.2, -0.15) is 0 Å². The molecule has 1 aliphatic rings. The first-order chi connectivity index (χ1) is 18.7. The highest BCUT2D eigenvalue weighted by molar-refractivity contribution is 6.33. The van der Waals surface area contributed by atoms with Crippen LogP contribution in [0.1, 0.15) is 52.9 Å². The van der Waals surface area contributed by atoms with Crippen LogP contribution in [0, 0.1) is 5.41 Å². The van der Waals surface area contributed by atoms with Gasteiger partial charge in [0.25, 0.3) is 0 Å². The molecule has 1 unspecified atom stereocenters. The summed E-state index contributed by atoms with van der Waals surface area (Å²) >= 11 is 6.46. The van der Waals surface area contributed by atoms with Crippen LogP contribution >= 0.6 is 11.6 Å². The van der Waals surface area contributed by atoms with Crippen LogP contribution < -0.4 is 24.8 Å². The molecule has 2 amide bonds. The molecule has 1 fully saturated rings. The number of ether oxygens (including phenoxy) is 4. The molecular weight excluding hydrogens is 518 g/mol. The molecular formula is C30H38ClN3O5. The molecule has 2 aromatic carbocycles. The normalized spacial score (nSPS) is 15.6. The standard InChI is InChI=1S/C30H38ClN3O5/c1-30(2,3)12-14-33-29(35)34-24-9-8-21(17-23(24)31)39-26-10-13-32-25-19-28(27(36-4)18-22(25)26)38-16-11-20-7-5-6-15-37-20/h8-10,13,17-20H,5-7,11-12,14-16H2,1-4H3,(H2,33,34,35). The molecule has 9 heteroatoms. The molecule has 4 rings (SSSR count). The van der Waals surface area contributed by atoms with Gasteiger partial charge in [-0.05, 0) is 55.4 Å². The summed E-state index contributed by atoms with van der Waals surface area (Å²) in [5.41, 5.74) is 1.36. The number of aromatic nitrogens is 1. The van der Waals surface area contributed by atoms with Gasteiger partial charge in [-0.1, -0.05) is 32.4 Å². The molecule has 8 nitrogen and oxygen atoms in total. The van der Waals surface area contributed by atoms with E-state index >= 15 is 0 Å². The number of fused-ring (bicyclic) bond motifs is 1. The van der Waals surface area contributed by atoms with Crippen molar-refractivity contribution in [2.75, 3.05) is 32.2 Å². The highest BCUT2D eigenvalue weighted by Gasteiger charge is 2.17. The number of nitrogens with one attached hydrogen (secondary N) is 2. The van der Waals surface area contributed by atoms with Crippen molar-refractivity contribution in [2.24, 2.45) is 5.41 Å². The Morgan fingerprint density at radius 1 is 1.13 bits per heavy atom. The fourth-order valence-corrected chi connectivity index (χ4v) is 4.55. The molecule has 1 saturated heterocycles. The molecule has 1 aliphatic heterocycles. The van der Waals surface area contributed by atoms with Gasteiger partial charge in [0.15, 0.2) is 11.5 Å². The highest BCUT2D eigenvalue weighted by atomic mass is 35.5. The first-order valence-corrected chi connectivity index (χ1v) is 13.8. The fourth-order valence-electron chi connectivity index (χ4n) is 4.33. The van der Waals surface area contributed by atoms with Gasteiger partial charge in [-0.3, -0.25) is 4.98 Å². The van der Waals surface area contributed by atoms with Crippen LogP contribution in [-0.2, 0) is 4.74 Å². The Hall–Kier alpha value is -3.23. The van der Waals surface area contributed by atoms with Crippen molar-refractivity contribution < 1.29 is 23.7 Å². The smallest absolute Gasteiger partial charge is 0.319 e. The van der Waals surface area contributed by atoms with E-state index in [4.69, 9.17) is 30.5 Å². The first-order valence-electron chi connectivity index (χ1n) is 13.5. The lowest BCUT2D eigenvalue weighted by Gasteiger charge is -2.22. The van der Waals surface area contributed by atoms with E-state index < -0.39 is 0 Å². The van der Waals surface area contributed by atoms with E-state index in [1.807, 2.05) is 12.1 Å². The van der Waals surface area contributed by atoms with Gasteiger partial charge in [-0.15, -0.1) is 0 Å². The second-order valence-electron chi connectivity index (χ2n) is 10.9. The number of hydrogen-bond acceptors (Lipinski definition) is 6. The first kappa shape index (κ1) is 28.8. The number of anilines is 1. The maximum absolute atomic E-state index is 12.3. The zero-order chi connectivity index (χ0) is 27.8. The van der Waals surface area contributed by atoms with Crippen LogP contribution in [0.25, 0.3) is 10.9 Å². The number of carbonyl (C=O) groups excluding carboxylic acids is 1. The maximum Gasteiger partial charge on any atom is 0.319 e. The molecule has 3 aromatic rings. The van der Waals surface area contributed by atoms with Gasteiger partial charge in [0, 0.05) is 43.3 Å². The van der Waals surface area contributed by atoms with Gasteiger partial charge >= 0.3 is 6.03 Å². The van der Waals surface area contributed by atoms with E-state index in [-0.39, 0.29) is 17.6 Å². The van der Waals surface area contributed by atoms with Crippen molar-refractivity contribution in [2.45, 2.75) is 59.0 Å². The molecule has 39 heavy (non-hydrogen) atoms. The Kier molecular flexibility index (Phi) is 9.75. The summed E-state index contributed by atoms with van der Waals surface area (Å²) in [6.45, 7) is 8.33. The predicted octanol–water partition coefficient (Wildman–Crippen LogP) is 7.58. The minimum atomic E-state index is -0.300. The SMILES string of the molecule is COc1cc2c(Oc3ccc(NC(=O)NCCC(C)(C)C)c(Cl)c3)ccnc2cc1OCCC1CCCCO1. The summed E-state index contributed by atoms with van der Waals surface area (Å²) < 4.78 is 23.6. The Morgan fingerprint density at radius 2 is 1.97 bits per heavy atom. The minimum Gasteiger partial charge on any atom is -0.493 e. The van der Waals surface area contributed by atoms with Crippen LogP contribution in [0.2, 0.25) is 5.02 Å². The van der Waals surface area contributed by atoms with Crippen molar-refractivity contribution >= 4 is 34.2 Å². The number of hydrogen-bond donors (Lipinski definition) is 2. The molecule has 2 heterocycles. The van der Waals surface area contributed by atoms with Crippen LogP contribution in [0.15, 0.2) is 42.6 Å². The number of urea groups is 1. The summed E-state index contributed by atoms with van der Waals surface area (Å²) in [5, 5.41) is 6.79. The zero-order valence-corrected chi connectivity index (χ0v) is 23.9. The fraction of sp³-hybridized carbons (Fsp3) is 0.467. The minimum absolute atomic E-state index is 0.142. The summed E-state index contributed by atoms with van der Waals surface area (Å²) in [4.78, 5) is 16.8. The van der Waals surface area contributed by atoms with Gasteiger partial charge in [0.1, 0.15) is 11.5 Å². The van der Waals surface area contributed by atoms with E-state index in [2.05, 4.69) is 36.4 Å². The van der Waals surface area contributed by atoms with Crippen molar-refractivity contribution in [3.8, 4) is 23.0 Å². The third kappa shape index (κ3) is 8.38. The second-order valence-corrected chi connectivity index (χ2v) is 11.3. The van der Waals surface area contributed by atoms with Gasteiger partial charge in [0.05, 0.1) is 36.0 Å². The van der Waals surface area contributed by atoms with Crippen molar-refractivity contribution in [1.82, 2.24) is 10.3 Å². The Morgan fingerprint density at radius 3 is 2.69 bits per heavy atom. The molecule has 0 saturated carbocycles. The average molecular weight is 556 g/mol. The number of benzene rings is 2. The largest absolute Gasteiger partial charge is 0.493 e. The predicted molar refractivity (Wildman–Crippen MR) is 155 cm³/mol. The Bertz CT molecular complexity index is 1270. The summed E-state index contributed by atoms with van der Waals surface area (Å²) in [5.74, 6) is 2.35. The second kappa shape index (κ2) is 13.2. The molecule has 1 aromatic heterocycles. The number of amides is 2.